The van der Waals surface area contributed by atoms with Gasteiger partial charge in [-0.05, 0) is 71.5 Å². The molecular formula is C44H42N6O3S3. The number of nitrogens with zero attached hydrogens (tertiary/aromatic N) is 4. The van der Waals surface area contributed by atoms with Crippen LogP contribution in [0.4, 0.5) is 5.69 Å². The maximum Gasteiger partial charge on any atom is 0.237 e. The molecule has 2 N–H and O–H groups in total. The minimum Gasteiger partial charge on any atom is -0.486 e. The Hall–Kier alpha value is -5.43. The van der Waals surface area contributed by atoms with Crippen LogP contribution in [0.5, 0.6) is 5.75 Å². The molecule has 2 aromatic heterocycles. The second kappa shape index (κ2) is 17.6. The van der Waals surface area contributed by atoms with Gasteiger partial charge < -0.3 is 15.4 Å². The van der Waals surface area contributed by atoms with Gasteiger partial charge in [0, 0.05) is 11.4 Å². The van der Waals surface area contributed by atoms with Crippen molar-refractivity contribution in [3.8, 4) is 11.4 Å². The number of nitrogens with one attached hydrogen (secondary N) is 2. The molecule has 0 unspecified atom stereocenters. The van der Waals surface area contributed by atoms with E-state index in [9.17, 15) is 9.59 Å². The Labute approximate surface area is 339 Å². The van der Waals surface area contributed by atoms with E-state index in [1.165, 1.54) is 40.4 Å². The van der Waals surface area contributed by atoms with Gasteiger partial charge in [0.2, 0.25) is 11.8 Å². The largest absolute Gasteiger partial charge is 0.486 e. The van der Waals surface area contributed by atoms with Gasteiger partial charge in [-0.25, -0.2) is 4.98 Å². The summed E-state index contributed by atoms with van der Waals surface area (Å²) in [5.41, 5.74) is 5.67. The molecule has 56 heavy (non-hydrogen) atoms. The maximum atomic E-state index is 13.5. The molecule has 0 bridgehead atoms. The van der Waals surface area contributed by atoms with Gasteiger partial charge in [0.1, 0.15) is 12.4 Å². The molecule has 0 saturated heterocycles. The van der Waals surface area contributed by atoms with Crippen molar-refractivity contribution in [2.75, 3.05) is 11.1 Å². The summed E-state index contributed by atoms with van der Waals surface area (Å²) in [4.78, 5) is 31.4. The Morgan fingerprint density at radius 3 is 2.11 bits per heavy atom. The second-order valence-corrected chi connectivity index (χ2v) is 17.7. The summed E-state index contributed by atoms with van der Waals surface area (Å²) in [5, 5.41) is 15.3. The minimum atomic E-state index is -0.488. The number of carbonyl (C=O) groups is 2. The number of para-hydroxylation sites is 1. The minimum absolute atomic E-state index is 0.0513. The fourth-order valence-corrected chi connectivity index (χ4v) is 8.79. The molecule has 0 aliphatic rings. The van der Waals surface area contributed by atoms with Crippen LogP contribution in [0.25, 0.3) is 15.9 Å². The van der Waals surface area contributed by atoms with E-state index >= 15 is 0 Å². The Balaban J connectivity index is 0.978. The molecule has 0 aliphatic carbocycles. The first-order valence-electron chi connectivity index (χ1n) is 18.2. The molecule has 0 saturated carbocycles. The number of hydrogen-bond acceptors (Lipinski definition) is 9. The number of hydrogen-bond donors (Lipinski definition) is 2. The lowest BCUT2D eigenvalue weighted by Gasteiger charge is -2.19. The van der Waals surface area contributed by atoms with Crippen LogP contribution in [0.3, 0.4) is 0 Å². The number of thioether (sulfide) groups is 2. The molecule has 2 heterocycles. The van der Waals surface area contributed by atoms with Crippen molar-refractivity contribution in [2.45, 2.75) is 60.5 Å². The highest BCUT2D eigenvalue weighted by Crippen LogP contribution is 2.33. The molecule has 0 fully saturated rings. The van der Waals surface area contributed by atoms with Crippen LogP contribution in [-0.4, -0.2) is 42.6 Å². The van der Waals surface area contributed by atoms with Crippen molar-refractivity contribution >= 4 is 62.6 Å². The Kier molecular flexibility index (Phi) is 12.2. The highest BCUT2D eigenvalue weighted by molar-refractivity contribution is 8.01. The Morgan fingerprint density at radius 2 is 1.46 bits per heavy atom. The second-order valence-electron chi connectivity index (χ2n) is 14.2. The molecule has 0 spiro atoms. The molecule has 9 nitrogen and oxygen atoms in total. The van der Waals surface area contributed by atoms with Gasteiger partial charge in [0.25, 0.3) is 0 Å². The molecule has 12 heteroatoms. The van der Waals surface area contributed by atoms with Crippen molar-refractivity contribution < 1.29 is 14.3 Å². The number of ether oxygens (including phenoxy) is 1. The van der Waals surface area contributed by atoms with Crippen molar-refractivity contribution in [1.82, 2.24) is 25.1 Å². The highest BCUT2D eigenvalue weighted by atomic mass is 32.2. The topological polar surface area (TPSA) is 111 Å². The van der Waals surface area contributed by atoms with Crippen molar-refractivity contribution in [1.29, 1.82) is 0 Å². The first kappa shape index (κ1) is 38.8. The average Bonchev–Trinajstić information content (AvgIpc) is 3.82. The summed E-state index contributed by atoms with van der Waals surface area (Å²) in [6, 6.07) is 43.3. The molecule has 0 aliphatic heterocycles. The number of amides is 2. The van der Waals surface area contributed by atoms with Crippen LogP contribution in [0.15, 0.2) is 143 Å². The zero-order valence-corrected chi connectivity index (χ0v) is 34.0. The predicted molar refractivity (Wildman–Crippen MR) is 228 cm³/mol. The number of fused-ring (bicyclic) bond motifs is 1. The molecular weight excluding hydrogens is 757 g/mol. The third-order valence-corrected chi connectivity index (χ3v) is 12.2. The standard InChI is InChI=1S/C44H42N6O3S3/c1-29(55-42-49-48-38(50(42)34-18-12-7-13-19-34)27-53-35-23-20-32(21-24-35)44(2,3)4)41(52)45-33-22-25-36-37(26-33)56-43(46-36)54-28-39(51)47-40(30-14-8-5-9-15-30)31-16-10-6-11-17-31/h5-26,29,40H,27-28H2,1-4H3,(H,45,52)(H,47,51)/t29-/m0/s1. The van der Waals surface area contributed by atoms with E-state index in [0.717, 1.165) is 37.1 Å². The lowest BCUT2D eigenvalue weighted by atomic mass is 9.87. The van der Waals surface area contributed by atoms with Gasteiger partial charge in [0.05, 0.1) is 27.3 Å². The van der Waals surface area contributed by atoms with E-state index in [1.54, 1.807) is 0 Å². The van der Waals surface area contributed by atoms with Crippen molar-refractivity contribution in [3.63, 3.8) is 0 Å². The van der Waals surface area contributed by atoms with E-state index in [-0.39, 0.29) is 35.6 Å². The number of carbonyl (C=O) groups excluding carboxylic acids is 2. The SMILES string of the molecule is C[C@H](Sc1nnc(COc2ccc(C(C)(C)C)cc2)n1-c1ccccc1)C(=O)Nc1ccc2nc(SCC(=O)NC(c3ccccc3)c3ccccc3)sc2c1. The van der Waals surface area contributed by atoms with Crippen LogP contribution < -0.4 is 15.4 Å². The maximum absolute atomic E-state index is 13.5. The van der Waals surface area contributed by atoms with Gasteiger partial charge in [-0.2, -0.15) is 0 Å². The molecule has 7 aromatic rings. The van der Waals surface area contributed by atoms with Crippen LogP contribution >= 0.6 is 34.9 Å². The lowest BCUT2D eigenvalue weighted by Crippen LogP contribution is -2.30. The van der Waals surface area contributed by atoms with Gasteiger partial charge in [0.15, 0.2) is 15.3 Å². The fourth-order valence-electron chi connectivity index (χ4n) is 5.98. The number of rotatable bonds is 14. The zero-order chi connectivity index (χ0) is 39.1. The number of anilines is 1. The summed E-state index contributed by atoms with van der Waals surface area (Å²) in [6.45, 7) is 8.60. The van der Waals surface area contributed by atoms with E-state index in [0.29, 0.717) is 16.7 Å². The van der Waals surface area contributed by atoms with Crippen LogP contribution in [0.1, 0.15) is 56.3 Å². The van der Waals surface area contributed by atoms with E-state index in [4.69, 9.17) is 9.72 Å². The monoisotopic (exact) mass is 798 g/mol. The van der Waals surface area contributed by atoms with E-state index < -0.39 is 5.25 Å². The summed E-state index contributed by atoms with van der Waals surface area (Å²) >= 11 is 4.22. The number of benzene rings is 5. The quantitative estimate of drug-likeness (QED) is 0.105. The third-order valence-electron chi connectivity index (χ3n) is 8.99. The highest BCUT2D eigenvalue weighted by Gasteiger charge is 2.23. The van der Waals surface area contributed by atoms with Gasteiger partial charge in [-0.1, -0.05) is 135 Å². The summed E-state index contributed by atoms with van der Waals surface area (Å²) in [7, 11) is 0. The molecule has 5 aromatic carbocycles. The average molecular weight is 799 g/mol. The van der Waals surface area contributed by atoms with Gasteiger partial charge >= 0.3 is 0 Å². The number of thiazole rings is 1. The summed E-state index contributed by atoms with van der Waals surface area (Å²) in [6.07, 6.45) is 0. The van der Waals surface area contributed by atoms with E-state index in [2.05, 4.69) is 53.7 Å². The third kappa shape index (κ3) is 9.68. The van der Waals surface area contributed by atoms with Crippen LogP contribution in [0.2, 0.25) is 0 Å². The summed E-state index contributed by atoms with van der Waals surface area (Å²) in [5.74, 6) is 1.34. The molecule has 1 atom stereocenters. The molecule has 2 amide bonds. The smallest absolute Gasteiger partial charge is 0.237 e. The van der Waals surface area contributed by atoms with Gasteiger partial charge in [-0.3, -0.25) is 14.2 Å². The molecule has 7 rings (SSSR count). The fraction of sp³-hybridized carbons (Fsp3) is 0.205. The predicted octanol–water partition coefficient (Wildman–Crippen LogP) is 9.87. The van der Waals surface area contributed by atoms with Crippen molar-refractivity contribution in [3.05, 3.63) is 156 Å². The normalized spacial score (nSPS) is 12.1. The van der Waals surface area contributed by atoms with E-state index in [1.807, 2.05) is 133 Å². The van der Waals surface area contributed by atoms with Crippen molar-refractivity contribution in [2.24, 2.45) is 0 Å². The lowest BCUT2D eigenvalue weighted by molar-refractivity contribution is -0.119. The molecule has 0 radical (unpaired) electrons. The van der Waals surface area contributed by atoms with Gasteiger partial charge in [-0.15, -0.1) is 21.5 Å². The Bertz CT molecular complexity index is 2360. The molecule has 284 valence electrons. The first-order chi connectivity index (χ1) is 27.1. The van der Waals surface area contributed by atoms with Crippen LogP contribution in [0, 0.1) is 0 Å². The first-order valence-corrected chi connectivity index (χ1v) is 20.9. The Morgan fingerprint density at radius 1 is 0.821 bits per heavy atom. The zero-order valence-electron chi connectivity index (χ0n) is 31.5. The van der Waals surface area contributed by atoms with Crippen LogP contribution in [-0.2, 0) is 21.6 Å². The number of aromatic nitrogens is 4. The summed E-state index contributed by atoms with van der Waals surface area (Å²) < 4.78 is 9.77.